The molecule has 2 aliphatic heterocycles. The Bertz CT molecular complexity index is 1520. The first-order valence-corrected chi connectivity index (χ1v) is 17.6. The van der Waals surface area contributed by atoms with Gasteiger partial charge in [0, 0.05) is 42.8 Å². The van der Waals surface area contributed by atoms with Crippen molar-refractivity contribution in [3.8, 4) is 28.7 Å². The monoisotopic (exact) mass is 660 g/mol. The summed E-state index contributed by atoms with van der Waals surface area (Å²) in [6.07, 6.45) is 3.14. The van der Waals surface area contributed by atoms with E-state index in [-0.39, 0.29) is 45.9 Å². The molecule has 12 heteroatoms. The zero-order valence-electron chi connectivity index (χ0n) is 27.3. The lowest BCUT2D eigenvalue weighted by Crippen LogP contribution is -2.35. The van der Waals surface area contributed by atoms with Crippen LogP contribution in [0.3, 0.4) is 0 Å². The van der Waals surface area contributed by atoms with Gasteiger partial charge in [0.1, 0.15) is 25.3 Å². The van der Waals surface area contributed by atoms with Crippen LogP contribution in [0.2, 0.25) is 18.1 Å². The number of hydrogen-bond donors (Lipinski definition) is 7. The van der Waals surface area contributed by atoms with Crippen molar-refractivity contribution in [3.63, 3.8) is 0 Å². The molecule has 0 aromatic heterocycles. The summed E-state index contributed by atoms with van der Waals surface area (Å²) >= 11 is 0. The number of hydrogen-bond acceptors (Lipinski definition) is 9. The number of aromatic hydroxyl groups is 3. The second-order valence-corrected chi connectivity index (χ2v) is 16.8. The van der Waals surface area contributed by atoms with Crippen LogP contribution in [-0.4, -0.2) is 47.0 Å². The number of imide groups is 2. The van der Waals surface area contributed by atoms with E-state index in [0.29, 0.717) is 25.1 Å². The maximum atomic E-state index is 10.1. The molecule has 0 aliphatic carbocycles. The Hall–Kier alpha value is -5.38. The Kier molecular flexibility index (Phi) is 16.2. The molecular weight excluding hydrogens is 616 g/mol. The number of benzene rings is 3. The summed E-state index contributed by atoms with van der Waals surface area (Å²) in [6.45, 7) is 11.9. The lowest BCUT2D eigenvalue weighted by atomic mass is 10.2. The second kappa shape index (κ2) is 19.2. The number of nitrogen functional groups attached to an aromatic ring is 1. The molecule has 0 radical (unpaired) electrons. The van der Waals surface area contributed by atoms with E-state index in [1.165, 1.54) is 12.2 Å². The molecule has 1 fully saturated rings. The molecule has 0 bridgehead atoms. The zero-order valence-corrected chi connectivity index (χ0v) is 28.3. The molecule has 3 aromatic carbocycles. The van der Waals surface area contributed by atoms with Gasteiger partial charge in [0.2, 0.25) is 11.8 Å². The van der Waals surface area contributed by atoms with Crippen LogP contribution < -0.4 is 22.1 Å². The van der Waals surface area contributed by atoms with Gasteiger partial charge in [-0.05, 0) is 71.3 Å². The van der Waals surface area contributed by atoms with Crippen LogP contribution >= 0.6 is 0 Å². The van der Waals surface area contributed by atoms with Gasteiger partial charge in [0.05, 0.1) is 0 Å². The van der Waals surface area contributed by atoms with E-state index in [1.54, 1.807) is 60.7 Å². The van der Waals surface area contributed by atoms with Crippen molar-refractivity contribution in [2.45, 2.75) is 58.3 Å². The Balaban J connectivity index is 0.000000307. The smallest absolute Gasteiger partial charge is 0.250 e. The van der Waals surface area contributed by atoms with Gasteiger partial charge < -0.3 is 26.8 Å². The highest BCUT2D eigenvalue weighted by atomic mass is 28.3. The van der Waals surface area contributed by atoms with E-state index in [4.69, 9.17) is 21.7 Å². The molecule has 3 aromatic rings. The third kappa shape index (κ3) is 17.0. The predicted molar refractivity (Wildman–Crippen MR) is 185 cm³/mol. The molecule has 2 heterocycles. The Morgan fingerprint density at radius 3 is 1.40 bits per heavy atom. The largest absolute Gasteiger partial charge is 0.508 e. The predicted octanol–water partition coefficient (Wildman–Crippen LogP) is 4.24. The van der Waals surface area contributed by atoms with Crippen LogP contribution in [0.1, 0.15) is 44.7 Å². The number of nitrogens with one attached hydrogen (secondary N) is 2. The molecule has 47 heavy (non-hydrogen) atoms. The van der Waals surface area contributed by atoms with Crippen molar-refractivity contribution in [3.05, 3.63) is 96.1 Å². The maximum Gasteiger partial charge on any atom is 0.250 e. The summed E-state index contributed by atoms with van der Waals surface area (Å²) in [5.41, 5.74) is 16.8. The van der Waals surface area contributed by atoms with E-state index in [9.17, 15) is 24.3 Å². The molecule has 0 spiro atoms. The number of carbonyl (C=O) groups excluding carboxylic acids is 4. The van der Waals surface area contributed by atoms with Crippen LogP contribution in [-0.2, 0) is 25.7 Å². The van der Waals surface area contributed by atoms with Crippen molar-refractivity contribution >= 4 is 37.4 Å². The number of nitrogens with two attached hydrogens (primary N) is 2. The number of rotatable bonds is 1. The van der Waals surface area contributed by atoms with Crippen LogP contribution in [0.25, 0.3) is 0 Å². The summed E-state index contributed by atoms with van der Waals surface area (Å²) < 4.78 is 0. The van der Waals surface area contributed by atoms with Crippen LogP contribution in [0.15, 0.2) is 84.9 Å². The summed E-state index contributed by atoms with van der Waals surface area (Å²) in [4.78, 5) is 40.3. The number of anilines is 1. The van der Waals surface area contributed by atoms with Crippen molar-refractivity contribution < 1.29 is 34.5 Å². The highest BCUT2D eigenvalue weighted by Gasteiger charge is 2.33. The highest BCUT2D eigenvalue weighted by molar-refractivity contribution is 6.87. The zero-order chi connectivity index (χ0) is 35.6. The average molecular weight is 661 g/mol. The van der Waals surface area contributed by atoms with Gasteiger partial charge in [-0.3, -0.25) is 29.8 Å². The Morgan fingerprint density at radius 1 is 0.702 bits per heavy atom. The average Bonchev–Trinajstić information content (AvgIpc) is 3.59. The summed E-state index contributed by atoms with van der Waals surface area (Å²) in [5, 5.41) is 31.1. The van der Waals surface area contributed by atoms with E-state index in [1.807, 2.05) is 17.4 Å². The first-order valence-electron chi connectivity index (χ1n) is 14.6. The molecule has 0 saturated carbocycles. The quantitative estimate of drug-likeness (QED) is 0.0654. The van der Waals surface area contributed by atoms with Gasteiger partial charge in [-0.15, -0.1) is 5.54 Å². The SMILES string of the molecule is CC(C)(C)[Si](C)(C)C#Cc1ccc(O)cc1.NCc1ccc(O)cc1.Nc1ccc(O)cc1.O=C1C=CC(=O)N1.O=C1CCC(=O)N1. The number of carbonyl (C=O) groups is 4. The second-order valence-electron chi connectivity index (χ2n) is 11.8. The third-order valence-electron chi connectivity index (χ3n) is 6.82. The Labute approximate surface area is 276 Å². The standard InChI is InChI=1S/C14H20OSi.C7H9NO.C6H7NO.C4H5NO2.C4H3NO2/c1-14(2,3)16(4,5)11-10-12-6-8-13(15)9-7-12;8-5-6-1-3-7(9)4-2-6;7-5-1-3-6(8)4-2-5;2*6-3-1-2-4(7)5-3/h6-9,15H,1-5H3;1-4,9H,5,8H2;1-4,8H,7H2;1-2H2,(H,5,6,7);1-2H,(H,5,6,7). The first kappa shape index (κ1) is 39.6. The van der Waals surface area contributed by atoms with E-state index in [2.05, 4.69) is 50.6 Å². The molecule has 0 unspecified atom stereocenters. The van der Waals surface area contributed by atoms with Gasteiger partial charge in [-0.25, -0.2) is 0 Å². The molecular formula is C35H44N4O7Si. The minimum Gasteiger partial charge on any atom is -0.508 e. The molecule has 11 nitrogen and oxygen atoms in total. The summed E-state index contributed by atoms with van der Waals surface area (Å²) in [6, 6.07) is 20.3. The number of phenols is 3. The molecule has 1 saturated heterocycles. The van der Waals surface area contributed by atoms with E-state index < -0.39 is 8.07 Å². The van der Waals surface area contributed by atoms with Gasteiger partial charge in [0.25, 0.3) is 11.8 Å². The van der Waals surface area contributed by atoms with E-state index >= 15 is 0 Å². The maximum absolute atomic E-state index is 10.1. The fourth-order valence-corrected chi connectivity index (χ4v) is 3.76. The molecule has 2 aliphatic rings. The number of phenolic OH excluding ortho intramolecular Hbond substituents is 3. The first-order chi connectivity index (χ1) is 21.9. The van der Waals surface area contributed by atoms with Gasteiger partial charge >= 0.3 is 0 Å². The van der Waals surface area contributed by atoms with Gasteiger partial charge in [0.15, 0.2) is 0 Å². The van der Waals surface area contributed by atoms with Crippen LogP contribution in [0.4, 0.5) is 5.69 Å². The lowest BCUT2D eigenvalue weighted by Gasteiger charge is -2.31. The number of amides is 4. The van der Waals surface area contributed by atoms with Crippen LogP contribution in [0, 0.1) is 11.5 Å². The van der Waals surface area contributed by atoms with Gasteiger partial charge in [-0.1, -0.05) is 51.9 Å². The van der Waals surface area contributed by atoms with Crippen molar-refractivity contribution in [2.75, 3.05) is 5.73 Å². The van der Waals surface area contributed by atoms with Crippen molar-refractivity contribution in [2.24, 2.45) is 5.73 Å². The molecule has 250 valence electrons. The highest BCUT2D eigenvalue weighted by Crippen LogP contribution is 2.35. The Morgan fingerprint density at radius 2 is 1.11 bits per heavy atom. The molecule has 0 atom stereocenters. The van der Waals surface area contributed by atoms with E-state index in [0.717, 1.165) is 11.1 Å². The minimum atomic E-state index is -1.52. The summed E-state index contributed by atoms with van der Waals surface area (Å²) in [7, 11) is -1.52. The van der Waals surface area contributed by atoms with Crippen LogP contribution in [0.5, 0.6) is 17.2 Å². The molecule has 9 N–H and O–H groups in total. The van der Waals surface area contributed by atoms with Crippen molar-refractivity contribution in [1.82, 2.24) is 10.6 Å². The topological polar surface area (TPSA) is 205 Å². The fourth-order valence-electron chi connectivity index (χ4n) is 2.93. The normalized spacial score (nSPS) is 13.0. The summed E-state index contributed by atoms with van der Waals surface area (Å²) in [5.74, 6) is 3.09. The minimum absolute atomic E-state index is 0.148. The van der Waals surface area contributed by atoms with Gasteiger partial charge in [-0.2, -0.15) is 0 Å². The fraction of sp³-hybridized carbons (Fsp3) is 0.257. The lowest BCUT2D eigenvalue weighted by molar-refractivity contribution is -0.125. The van der Waals surface area contributed by atoms with Crippen molar-refractivity contribution in [1.29, 1.82) is 0 Å². The molecule has 5 rings (SSSR count). The molecule has 4 amide bonds. The third-order valence-corrected chi connectivity index (χ3v) is 11.3.